The van der Waals surface area contributed by atoms with Crippen molar-refractivity contribution in [3.63, 3.8) is 0 Å². The van der Waals surface area contributed by atoms with Crippen LogP contribution in [0.15, 0.2) is 30.0 Å². The molecule has 0 atom stereocenters. The first kappa shape index (κ1) is 16.8. The third-order valence-corrected chi connectivity index (χ3v) is 2.99. The van der Waals surface area contributed by atoms with E-state index in [-0.39, 0.29) is 11.1 Å². The second kappa shape index (κ2) is 6.94. The van der Waals surface area contributed by atoms with Crippen LogP contribution in [0.2, 0.25) is 0 Å². The first-order chi connectivity index (χ1) is 9.78. The van der Waals surface area contributed by atoms with Crippen LogP contribution in [0.4, 0.5) is 5.69 Å². The van der Waals surface area contributed by atoms with Crippen LogP contribution in [-0.4, -0.2) is 11.4 Å². The Balaban J connectivity index is 2.97. The number of benzene rings is 1. The summed E-state index contributed by atoms with van der Waals surface area (Å²) in [6.07, 6.45) is 2.29. The third-order valence-electron chi connectivity index (χ3n) is 2.99. The smallest absolute Gasteiger partial charge is 0.267 e. The summed E-state index contributed by atoms with van der Waals surface area (Å²) in [6.45, 7) is 9.87. The summed E-state index contributed by atoms with van der Waals surface area (Å²) in [6, 6.07) is 7.82. The van der Waals surface area contributed by atoms with Crippen molar-refractivity contribution in [3.05, 3.63) is 41.1 Å². The molecule has 0 heterocycles. The van der Waals surface area contributed by atoms with Crippen LogP contribution < -0.4 is 10.6 Å². The lowest BCUT2D eigenvalue weighted by Gasteiger charge is -2.19. The third kappa shape index (κ3) is 4.96. The lowest BCUT2D eigenvalue weighted by Crippen LogP contribution is -2.32. The molecule has 0 aliphatic heterocycles. The van der Waals surface area contributed by atoms with Gasteiger partial charge in [-0.3, -0.25) is 4.79 Å². The largest absolute Gasteiger partial charge is 0.385 e. The number of anilines is 1. The van der Waals surface area contributed by atoms with Crippen LogP contribution in [0.5, 0.6) is 0 Å². The maximum atomic E-state index is 12.2. The van der Waals surface area contributed by atoms with Crippen LogP contribution in [0, 0.1) is 18.3 Å². The Bertz CT molecular complexity index is 589. The molecule has 0 radical (unpaired) electrons. The predicted molar refractivity (Wildman–Crippen MR) is 85.8 cm³/mol. The van der Waals surface area contributed by atoms with Crippen LogP contribution in [0.3, 0.4) is 0 Å². The Morgan fingerprint density at radius 3 is 2.57 bits per heavy atom. The number of aryl methyl sites for hydroxylation is 2. The molecule has 0 fully saturated rings. The highest BCUT2D eigenvalue weighted by Gasteiger charge is 2.14. The van der Waals surface area contributed by atoms with E-state index in [1.54, 1.807) is 0 Å². The molecule has 4 nitrogen and oxygen atoms in total. The number of hydrogen-bond acceptors (Lipinski definition) is 3. The van der Waals surface area contributed by atoms with E-state index in [2.05, 4.69) is 10.6 Å². The highest BCUT2D eigenvalue weighted by atomic mass is 16.1. The van der Waals surface area contributed by atoms with E-state index in [1.165, 1.54) is 6.20 Å². The van der Waals surface area contributed by atoms with Crippen molar-refractivity contribution >= 4 is 11.6 Å². The monoisotopic (exact) mass is 285 g/mol. The van der Waals surface area contributed by atoms with Gasteiger partial charge < -0.3 is 10.6 Å². The fourth-order valence-electron chi connectivity index (χ4n) is 1.82. The van der Waals surface area contributed by atoms with Crippen molar-refractivity contribution in [1.82, 2.24) is 5.32 Å². The normalized spacial score (nSPS) is 11.7. The van der Waals surface area contributed by atoms with Gasteiger partial charge in [0.2, 0.25) is 0 Å². The molecule has 1 rings (SSSR count). The second-order valence-corrected chi connectivity index (χ2v) is 5.98. The van der Waals surface area contributed by atoms with Gasteiger partial charge in [-0.25, -0.2) is 0 Å². The number of nitriles is 1. The first-order valence-electron chi connectivity index (χ1n) is 7.06. The maximum Gasteiger partial charge on any atom is 0.267 e. The molecule has 1 amide bonds. The summed E-state index contributed by atoms with van der Waals surface area (Å²) in [4.78, 5) is 12.2. The van der Waals surface area contributed by atoms with Gasteiger partial charge >= 0.3 is 0 Å². The summed E-state index contributed by atoms with van der Waals surface area (Å²) < 4.78 is 0. The first-order valence-corrected chi connectivity index (χ1v) is 7.06. The van der Waals surface area contributed by atoms with E-state index < -0.39 is 5.91 Å². The van der Waals surface area contributed by atoms with Crippen molar-refractivity contribution in [2.75, 3.05) is 5.32 Å². The maximum absolute atomic E-state index is 12.2. The molecule has 0 aliphatic rings. The predicted octanol–water partition coefficient (Wildman–Crippen LogP) is 3.29. The molecule has 0 unspecified atom stereocenters. The summed E-state index contributed by atoms with van der Waals surface area (Å²) in [5.41, 5.74) is 2.71. The summed E-state index contributed by atoms with van der Waals surface area (Å²) in [7, 11) is 0. The zero-order valence-corrected chi connectivity index (χ0v) is 13.4. The highest BCUT2D eigenvalue weighted by Crippen LogP contribution is 2.21. The molecule has 0 spiro atoms. The lowest BCUT2D eigenvalue weighted by atomic mass is 10.1. The van der Waals surface area contributed by atoms with E-state index >= 15 is 0 Å². The molecule has 1 aromatic carbocycles. The standard InChI is InChI=1S/C17H23N3O/c1-6-13-9-7-8-12(2)15(13)20-16(21)14(10-18)11-19-17(3,4)5/h7-9,11,19H,6H2,1-5H3,(H,20,21)/b14-11-. The molecule has 112 valence electrons. The van der Waals surface area contributed by atoms with Crippen molar-refractivity contribution in [3.8, 4) is 6.07 Å². The summed E-state index contributed by atoms with van der Waals surface area (Å²) in [5, 5.41) is 15.0. The van der Waals surface area contributed by atoms with Gasteiger partial charge in [-0.1, -0.05) is 25.1 Å². The van der Waals surface area contributed by atoms with Gasteiger partial charge in [0.15, 0.2) is 0 Å². The Morgan fingerprint density at radius 1 is 1.38 bits per heavy atom. The molecule has 0 saturated carbocycles. The van der Waals surface area contributed by atoms with Crippen molar-refractivity contribution in [2.24, 2.45) is 0 Å². The van der Waals surface area contributed by atoms with Crippen LogP contribution in [0.1, 0.15) is 38.8 Å². The number of carbonyl (C=O) groups is 1. The fraction of sp³-hybridized carbons (Fsp3) is 0.412. The van der Waals surface area contributed by atoms with Gasteiger partial charge in [-0.05, 0) is 45.2 Å². The van der Waals surface area contributed by atoms with Crippen molar-refractivity contribution < 1.29 is 4.79 Å². The zero-order chi connectivity index (χ0) is 16.0. The highest BCUT2D eigenvalue weighted by molar-refractivity contribution is 6.07. The number of amides is 1. The average molecular weight is 285 g/mol. The van der Waals surface area contributed by atoms with Crippen molar-refractivity contribution in [1.29, 1.82) is 5.26 Å². The molecule has 21 heavy (non-hydrogen) atoms. The zero-order valence-electron chi connectivity index (χ0n) is 13.4. The Kier molecular flexibility index (Phi) is 5.54. The van der Waals surface area contributed by atoms with Gasteiger partial charge in [0.1, 0.15) is 11.6 Å². The number of para-hydroxylation sites is 1. The second-order valence-electron chi connectivity index (χ2n) is 5.98. The van der Waals surface area contributed by atoms with Crippen LogP contribution in [-0.2, 0) is 11.2 Å². The lowest BCUT2D eigenvalue weighted by molar-refractivity contribution is -0.112. The Labute approximate surface area is 126 Å². The van der Waals surface area contributed by atoms with Gasteiger partial charge in [0.25, 0.3) is 5.91 Å². The molecule has 0 saturated heterocycles. The molecule has 0 bridgehead atoms. The number of carbonyl (C=O) groups excluding carboxylic acids is 1. The molecule has 0 aromatic heterocycles. The number of nitrogens with zero attached hydrogens (tertiary/aromatic N) is 1. The van der Waals surface area contributed by atoms with E-state index in [4.69, 9.17) is 5.26 Å². The fourth-order valence-corrected chi connectivity index (χ4v) is 1.82. The van der Waals surface area contributed by atoms with Gasteiger partial charge in [0, 0.05) is 17.4 Å². The molecule has 4 heteroatoms. The van der Waals surface area contributed by atoms with E-state index in [0.717, 1.165) is 23.2 Å². The minimum atomic E-state index is -0.391. The molecule has 2 N–H and O–H groups in total. The molecule has 0 aliphatic carbocycles. The molecule has 1 aromatic rings. The van der Waals surface area contributed by atoms with E-state index in [9.17, 15) is 4.79 Å². The minimum Gasteiger partial charge on any atom is -0.385 e. The van der Waals surface area contributed by atoms with Crippen LogP contribution >= 0.6 is 0 Å². The topological polar surface area (TPSA) is 64.9 Å². The summed E-state index contributed by atoms with van der Waals surface area (Å²) in [5.74, 6) is -0.391. The van der Waals surface area contributed by atoms with Gasteiger partial charge in [0.05, 0.1) is 0 Å². The average Bonchev–Trinajstić information content (AvgIpc) is 2.40. The molecular formula is C17H23N3O. The van der Waals surface area contributed by atoms with E-state index in [1.807, 2.05) is 58.9 Å². The minimum absolute atomic E-state index is 0.0650. The quantitative estimate of drug-likeness (QED) is 0.659. The van der Waals surface area contributed by atoms with Crippen LogP contribution in [0.25, 0.3) is 0 Å². The molecular weight excluding hydrogens is 262 g/mol. The van der Waals surface area contributed by atoms with Gasteiger partial charge in [-0.2, -0.15) is 5.26 Å². The SMILES string of the molecule is CCc1cccc(C)c1NC(=O)/C(C#N)=C\NC(C)(C)C. The van der Waals surface area contributed by atoms with Gasteiger partial charge in [-0.15, -0.1) is 0 Å². The van der Waals surface area contributed by atoms with Crippen molar-refractivity contribution in [2.45, 2.75) is 46.6 Å². The number of rotatable bonds is 4. The summed E-state index contributed by atoms with van der Waals surface area (Å²) >= 11 is 0. The Morgan fingerprint density at radius 2 is 2.05 bits per heavy atom. The number of nitrogens with one attached hydrogen (secondary N) is 2. The number of hydrogen-bond donors (Lipinski definition) is 2. The Hall–Kier alpha value is -2.28. The van der Waals surface area contributed by atoms with E-state index in [0.29, 0.717) is 0 Å².